The van der Waals surface area contributed by atoms with Gasteiger partial charge in [-0.15, -0.1) is 0 Å². The Bertz CT molecular complexity index is 1310. The van der Waals surface area contributed by atoms with E-state index in [4.69, 9.17) is 5.73 Å². The van der Waals surface area contributed by atoms with Crippen molar-refractivity contribution in [1.82, 2.24) is 9.88 Å². The molecule has 0 bridgehead atoms. The summed E-state index contributed by atoms with van der Waals surface area (Å²) in [5.41, 5.74) is 12.5. The standard InChI is InChI=1S/C28H30N4O2/c1-18-12-21(14-23-17-32(4)11-9-24(18)23)22-15-25(26(29)30-16-22)31-27(33)20-7-5-6-19(13-20)8-10-28(2,3)34/h5-7,12-16,34H,9,11,17H2,1-4H3,(H2,29,30)(H,31,33). The van der Waals surface area contributed by atoms with Crippen LogP contribution in [0.15, 0.2) is 48.7 Å². The van der Waals surface area contributed by atoms with Gasteiger partial charge in [0.05, 0.1) is 5.69 Å². The van der Waals surface area contributed by atoms with Gasteiger partial charge in [-0.05, 0) is 86.8 Å². The number of aliphatic hydroxyl groups is 1. The molecule has 0 saturated heterocycles. The second kappa shape index (κ2) is 9.30. The molecule has 0 radical (unpaired) electrons. The smallest absolute Gasteiger partial charge is 0.255 e. The topological polar surface area (TPSA) is 91.5 Å². The summed E-state index contributed by atoms with van der Waals surface area (Å²) in [7, 11) is 2.13. The van der Waals surface area contributed by atoms with Gasteiger partial charge in [0.1, 0.15) is 11.4 Å². The molecule has 3 aromatic rings. The van der Waals surface area contributed by atoms with Gasteiger partial charge in [0.15, 0.2) is 0 Å². The van der Waals surface area contributed by atoms with Gasteiger partial charge >= 0.3 is 0 Å². The number of rotatable bonds is 3. The Morgan fingerprint density at radius 3 is 2.76 bits per heavy atom. The normalized spacial score (nSPS) is 13.6. The van der Waals surface area contributed by atoms with Gasteiger partial charge in [-0.25, -0.2) is 4.98 Å². The van der Waals surface area contributed by atoms with Crippen LogP contribution in [0.4, 0.5) is 11.5 Å². The van der Waals surface area contributed by atoms with E-state index in [2.05, 4.69) is 53.1 Å². The van der Waals surface area contributed by atoms with Crippen molar-refractivity contribution in [3.63, 3.8) is 0 Å². The number of aromatic nitrogens is 1. The lowest BCUT2D eigenvalue weighted by Crippen LogP contribution is -2.27. The van der Waals surface area contributed by atoms with E-state index in [1.165, 1.54) is 16.7 Å². The number of pyridine rings is 1. The predicted octanol–water partition coefficient (Wildman–Crippen LogP) is 4.00. The molecule has 1 aliphatic heterocycles. The highest BCUT2D eigenvalue weighted by molar-refractivity contribution is 6.06. The lowest BCUT2D eigenvalue weighted by atomic mass is 9.91. The monoisotopic (exact) mass is 454 g/mol. The first-order valence-corrected chi connectivity index (χ1v) is 11.3. The molecular formula is C28H30N4O2. The molecule has 0 unspecified atom stereocenters. The molecule has 2 heterocycles. The molecule has 6 nitrogen and oxygen atoms in total. The van der Waals surface area contributed by atoms with E-state index in [-0.39, 0.29) is 11.7 Å². The fourth-order valence-electron chi connectivity index (χ4n) is 4.12. The van der Waals surface area contributed by atoms with Crippen molar-refractivity contribution in [3.05, 3.63) is 76.5 Å². The van der Waals surface area contributed by atoms with Crippen molar-refractivity contribution in [1.29, 1.82) is 0 Å². The first-order chi connectivity index (χ1) is 16.1. The van der Waals surface area contributed by atoms with E-state index in [0.29, 0.717) is 16.8 Å². The number of nitrogen functional groups attached to an aromatic ring is 1. The largest absolute Gasteiger partial charge is 0.382 e. The van der Waals surface area contributed by atoms with E-state index in [9.17, 15) is 9.90 Å². The minimum Gasteiger partial charge on any atom is -0.382 e. The lowest BCUT2D eigenvalue weighted by molar-refractivity contribution is 0.102. The van der Waals surface area contributed by atoms with E-state index < -0.39 is 5.60 Å². The Hall–Kier alpha value is -3.66. The summed E-state index contributed by atoms with van der Waals surface area (Å²) in [4.78, 5) is 19.6. The van der Waals surface area contributed by atoms with Crippen LogP contribution in [0.3, 0.4) is 0 Å². The number of carbonyl (C=O) groups is 1. The summed E-state index contributed by atoms with van der Waals surface area (Å²) in [5, 5.41) is 12.7. The number of anilines is 2. The highest BCUT2D eigenvalue weighted by Crippen LogP contribution is 2.31. The van der Waals surface area contributed by atoms with Crippen molar-refractivity contribution in [3.8, 4) is 23.0 Å². The zero-order valence-corrected chi connectivity index (χ0v) is 20.1. The number of hydrogen-bond acceptors (Lipinski definition) is 5. The number of nitrogens with zero attached hydrogens (tertiary/aromatic N) is 2. The molecule has 0 aliphatic carbocycles. The zero-order chi connectivity index (χ0) is 24.5. The van der Waals surface area contributed by atoms with Crippen molar-refractivity contribution >= 4 is 17.4 Å². The Morgan fingerprint density at radius 1 is 1.21 bits per heavy atom. The molecule has 1 aliphatic rings. The van der Waals surface area contributed by atoms with Crippen molar-refractivity contribution in [2.24, 2.45) is 0 Å². The van der Waals surface area contributed by atoms with Crippen LogP contribution in [0.1, 0.15) is 46.5 Å². The summed E-state index contributed by atoms with van der Waals surface area (Å²) >= 11 is 0. The van der Waals surface area contributed by atoms with Gasteiger partial charge in [0.25, 0.3) is 5.91 Å². The fraction of sp³-hybridized carbons (Fsp3) is 0.286. The van der Waals surface area contributed by atoms with Gasteiger partial charge in [0.2, 0.25) is 0 Å². The molecule has 0 spiro atoms. The zero-order valence-electron chi connectivity index (χ0n) is 20.1. The third kappa shape index (κ3) is 5.45. The van der Waals surface area contributed by atoms with Crippen LogP contribution in [-0.2, 0) is 13.0 Å². The molecule has 4 N–H and O–H groups in total. The average Bonchev–Trinajstić information content (AvgIpc) is 2.78. The van der Waals surface area contributed by atoms with Crippen LogP contribution < -0.4 is 11.1 Å². The summed E-state index contributed by atoms with van der Waals surface area (Å²) in [6.45, 7) is 7.36. The molecule has 0 fully saturated rings. The molecule has 1 amide bonds. The van der Waals surface area contributed by atoms with Gasteiger partial charge < -0.3 is 21.1 Å². The number of hydrogen-bond donors (Lipinski definition) is 3. The van der Waals surface area contributed by atoms with E-state index in [1.54, 1.807) is 44.3 Å². The predicted molar refractivity (Wildman–Crippen MR) is 136 cm³/mol. The van der Waals surface area contributed by atoms with E-state index in [0.717, 1.165) is 30.6 Å². The van der Waals surface area contributed by atoms with Crippen LogP contribution in [0, 0.1) is 18.8 Å². The molecule has 34 heavy (non-hydrogen) atoms. The second-order valence-corrected chi connectivity index (χ2v) is 9.42. The van der Waals surface area contributed by atoms with Crippen LogP contribution in [-0.4, -0.2) is 40.1 Å². The fourth-order valence-corrected chi connectivity index (χ4v) is 4.12. The quantitative estimate of drug-likeness (QED) is 0.521. The van der Waals surface area contributed by atoms with Gasteiger partial charge in [-0.3, -0.25) is 4.79 Å². The van der Waals surface area contributed by atoms with Crippen LogP contribution >= 0.6 is 0 Å². The van der Waals surface area contributed by atoms with Crippen molar-refractivity contribution in [2.45, 2.75) is 39.3 Å². The molecule has 2 aromatic carbocycles. The third-order valence-electron chi connectivity index (χ3n) is 5.89. The number of fused-ring (bicyclic) bond motifs is 1. The number of nitrogens with two attached hydrogens (primary N) is 1. The molecule has 1 aromatic heterocycles. The van der Waals surface area contributed by atoms with Gasteiger partial charge in [-0.1, -0.05) is 24.0 Å². The number of likely N-dealkylation sites (N-methyl/N-ethyl adjacent to an activating group) is 1. The van der Waals surface area contributed by atoms with Crippen LogP contribution in [0.2, 0.25) is 0 Å². The molecule has 0 atom stereocenters. The lowest BCUT2D eigenvalue weighted by Gasteiger charge is -2.27. The van der Waals surface area contributed by atoms with Crippen LogP contribution in [0.5, 0.6) is 0 Å². The maximum Gasteiger partial charge on any atom is 0.255 e. The molecule has 6 heteroatoms. The first kappa shape index (κ1) is 23.5. The van der Waals surface area contributed by atoms with Crippen molar-refractivity contribution in [2.75, 3.05) is 24.6 Å². The molecular weight excluding hydrogens is 424 g/mol. The summed E-state index contributed by atoms with van der Waals surface area (Å²) in [5.74, 6) is 5.61. The third-order valence-corrected chi connectivity index (χ3v) is 5.89. The molecule has 174 valence electrons. The second-order valence-electron chi connectivity index (χ2n) is 9.42. The maximum atomic E-state index is 13.0. The van der Waals surface area contributed by atoms with Crippen LogP contribution in [0.25, 0.3) is 11.1 Å². The number of benzene rings is 2. The Balaban J connectivity index is 1.60. The van der Waals surface area contributed by atoms with E-state index in [1.807, 2.05) is 6.07 Å². The maximum absolute atomic E-state index is 13.0. The minimum absolute atomic E-state index is 0.254. The van der Waals surface area contributed by atoms with Gasteiger partial charge in [0, 0.05) is 36.0 Å². The summed E-state index contributed by atoms with van der Waals surface area (Å²) < 4.78 is 0. The molecule has 4 rings (SSSR count). The molecule has 0 saturated carbocycles. The highest BCUT2D eigenvalue weighted by Gasteiger charge is 2.17. The average molecular weight is 455 g/mol. The minimum atomic E-state index is -1.11. The number of nitrogens with one attached hydrogen (secondary N) is 1. The summed E-state index contributed by atoms with van der Waals surface area (Å²) in [6, 6.07) is 13.2. The number of carbonyl (C=O) groups excluding carboxylic acids is 1. The highest BCUT2D eigenvalue weighted by atomic mass is 16.3. The summed E-state index contributed by atoms with van der Waals surface area (Å²) in [6.07, 6.45) is 2.80. The first-order valence-electron chi connectivity index (χ1n) is 11.3. The number of amides is 1. The Kier molecular flexibility index (Phi) is 6.43. The van der Waals surface area contributed by atoms with Gasteiger partial charge in [-0.2, -0.15) is 0 Å². The van der Waals surface area contributed by atoms with E-state index >= 15 is 0 Å². The Morgan fingerprint density at radius 2 is 2.00 bits per heavy atom. The van der Waals surface area contributed by atoms with Crippen molar-refractivity contribution < 1.29 is 9.90 Å². The number of aryl methyl sites for hydroxylation is 1. The SMILES string of the molecule is Cc1cc(-c2cnc(N)c(NC(=O)c3cccc(C#CC(C)(C)O)c3)c2)cc2c1CCN(C)C2. The Labute approximate surface area is 200 Å².